The first-order valence-corrected chi connectivity index (χ1v) is 7.51. The van der Waals surface area contributed by atoms with E-state index in [-0.39, 0.29) is 0 Å². The van der Waals surface area contributed by atoms with E-state index in [0.29, 0.717) is 12.7 Å². The Morgan fingerprint density at radius 3 is 2.50 bits per heavy atom. The predicted octanol–water partition coefficient (Wildman–Crippen LogP) is 2.52. The van der Waals surface area contributed by atoms with Gasteiger partial charge < -0.3 is 14.5 Å². The molecule has 1 aromatic rings. The Morgan fingerprint density at radius 1 is 1.15 bits per heavy atom. The third-order valence-corrected chi connectivity index (χ3v) is 3.73. The van der Waals surface area contributed by atoms with E-state index in [1.165, 1.54) is 11.3 Å². The van der Waals surface area contributed by atoms with Gasteiger partial charge >= 0.3 is 0 Å². The molecule has 0 aromatic heterocycles. The summed E-state index contributed by atoms with van der Waals surface area (Å²) in [6.45, 7) is 5.79. The van der Waals surface area contributed by atoms with Gasteiger partial charge in [0, 0.05) is 32.4 Å². The molecule has 0 atom stereocenters. The van der Waals surface area contributed by atoms with E-state index in [2.05, 4.69) is 41.6 Å². The maximum Gasteiger partial charge on any atom is 0.0703 e. The van der Waals surface area contributed by atoms with E-state index >= 15 is 0 Å². The van der Waals surface area contributed by atoms with Crippen molar-refractivity contribution < 1.29 is 9.57 Å². The Morgan fingerprint density at radius 2 is 1.85 bits per heavy atom. The summed E-state index contributed by atoms with van der Waals surface area (Å²) >= 11 is 0. The number of anilines is 1. The van der Waals surface area contributed by atoms with Gasteiger partial charge in [0.05, 0.1) is 12.7 Å². The van der Waals surface area contributed by atoms with Crippen LogP contribution in [0.15, 0.2) is 24.3 Å². The molecule has 0 radical (unpaired) electrons. The van der Waals surface area contributed by atoms with Gasteiger partial charge in [-0.1, -0.05) is 17.7 Å². The van der Waals surface area contributed by atoms with Crippen molar-refractivity contribution in [1.82, 2.24) is 5.48 Å². The highest BCUT2D eigenvalue weighted by atomic mass is 16.6. The number of aryl methyl sites for hydroxylation is 1. The molecule has 0 saturated carbocycles. The average Bonchev–Trinajstić information content (AvgIpc) is 2.49. The lowest BCUT2D eigenvalue weighted by molar-refractivity contribution is 0.00454. The van der Waals surface area contributed by atoms with Crippen molar-refractivity contribution in [3.8, 4) is 0 Å². The van der Waals surface area contributed by atoms with Crippen LogP contribution in [-0.2, 0) is 9.57 Å². The van der Waals surface area contributed by atoms with Crippen molar-refractivity contribution >= 4 is 5.69 Å². The first kappa shape index (κ1) is 15.3. The lowest BCUT2D eigenvalue weighted by Gasteiger charge is -2.33. The highest BCUT2D eigenvalue weighted by Crippen LogP contribution is 2.21. The van der Waals surface area contributed by atoms with Gasteiger partial charge in [0.15, 0.2) is 0 Å². The predicted molar refractivity (Wildman–Crippen MR) is 82.0 cm³/mol. The van der Waals surface area contributed by atoms with Gasteiger partial charge in [-0.2, -0.15) is 0 Å². The zero-order valence-electron chi connectivity index (χ0n) is 12.6. The van der Waals surface area contributed by atoms with Crippen molar-refractivity contribution in [1.29, 1.82) is 0 Å². The second-order valence-corrected chi connectivity index (χ2v) is 5.30. The van der Waals surface area contributed by atoms with E-state index in [0.717, 1.165) is 39.0 Å². The molecule has 1 saturated heterocycles. The van der Waals surface area contributed by atoms with Crippen molar-refractivity contribution in [3.63, 3.8) is 0 Å². The van der Waals surface area contributed by atoms with Crippen LogP contribution >= 0.6 is 0 Å². The Bertz CT molecular complexity index is 373. The van der Waals surface area contributed by atoms with Crippen LogP contribution in [0.25, 0.3) is 0 Å². The Balaban J connectivity index is 1.66. The van der Waals surface area contributed by atoms with Crippen molar-refractivity contribution in [2.45, 2.75) is 32.3 Å². The summed E-state index contributed by atoms with van der Waals surface area (Å²) in [5.41, 5.74) is 5.32. The molecule has 4 nitrogen and oxygen atoms in total. The fourth-order valence-corrected chi connectivity index (χ4v) is 2.52. The van der Waals surface area contributed by atoms with E-state index < -0.39 is 0 Å². The first-order chi connectivity index (χ1) is 9.79. The lowest BCUT2D eigenvalue weighted by Crippen LogP contribution is -2.37. The molecule has 0 unspecified atom stereocenters. The summed E-state index contributed by atoms with van der Waals surface area (Å²) in [6.07, 6.45) is 3.58. The molecule has 1 fully saturated rings. The van der Waals surface area contributed by atoms with Crippen molar-refractivity contribution in [3.05, 3.63) is 29.8 Å². The van der Waals surface area contributed by atoms with E-state index in [9.17, 15) is 0 Å². The molecule has 1 aliphatic rings. The summed E-state index contributed by atoms with van der Waals surface area (Å²) < 4.78 is 5.90. The number of hydrogen-bond acceptors (Lipinski definition) is 4. The molecule has 1 aromatic carbocycles. The van der Waals surface area contributed by atoms with Gasteiger partial charge in [0.2, 0.25) is 0 Å². The van der Waals surface area contributed by atoms with Gasteiger partial charge in [0.25, 0.3) is 0 Å². The van der Waals surface area contributed by atoms with Crippen molar-refractivity contribution in [2.75, 3.05) is 38.3 Å². The standard InChI is InChI=1S/C16H26N2O2/c1-14-4-6-15(7-5-14)18-10-8-16(9-11-18)19-12-3-13-20-17-2/h4-7,16-17H,3,8-13H2,1-2H3. The second-order valence-electron chi connectivity index (χ2n) is 5.30. The summed E-state index contributed by atoms with van der Waals surface area (Å²) in [4.78, 5) is 7.52. The molecular formula is C16H26N2O2. The van der Waals surface area contributed by atoms with Crippen LogP contribution < -0.4 is 10.4 Å². The molecular weight excluding hydrogens is 252 g/mol. The van der Waals surface area contributed by atoms with E-state index in [1.807, 2.05) is 0 Å². The summed E-state index contributed by atoms with van der Waals surface area (Å²) in [7, 11) is 1.78. The molecule has 112 valence electrons. The largest absolute Gasteiger partial charge is 0.378 e. The minimum Gasteiger partial charge on any atom is -0.378 e. The molecule has 4 heteroatoms. The molecule has 20 heavy (non-hydrogen) atoms. The first-order valence-electron chi connectivity index (χ1n) is 7.51. The normalized spacial score (nSPS) is 16.6. The molecule has 0 bridgehead atoms. The number of hydrogen-bond donors (Lipinski definition) is 1. The third-order valence-electron chi connectivity index (χ3n) is 3.73. The third kappa shape index (κ3) is 4.78. The van der Waals surface area contributed by atoms with Crippen molar-refractivity contribution in [2.24, 2.45) is 0 Å². The highest BCUT2D eigenvalue weighted by Gasteiger charge is 2.19. The number of benzene rings is 1. The van der Waals surface area contributed by atoms with Gasteiger partial charge in [0.1, 0.15) is 0 Å². The fraction of sp³-hybridized carbons (Fsp3) is 0.625. The molecule has 0 aliphatic carbocycles. The zero-order valence-corrected chi connectivity index (χ0v) is 12.6. The van der Waals surface area contributed by atoms with Crippen LogP contribution in [0.2, 0.25) is 0 Å². The monoisotopic (exact) mass is 278 g/mol. The smallest absolute Gasteiger partial charge is 0.0703 e. The molecule has 1 aliphatic heterocycles. The van der Waals surface area contributed by atoms with Crippen LogP contribution in [0.1, 0.15) is 24.8 Å². The van der Waals surface area contributed by atoms with Crippen LogP contribution in [0.3, 0.4) is 0 Å². The number of rotatable bonds is 7. The number of nitrogens with one attached hydrogen (secondary N) is 1. The lowest BCUT2D eigenvalue weighted by atomic mass is 10.1. The average molecular weight is 278 g/mol. The van der Waals surface area contributed by atoms with Crippen LogP contribution in [0.5, 0.6) is 0 Å². The van der Waals surface area contributed by atoms with Gasteiger partial charge in [-0.05, 0) is 38.3 Å². The molecule has 2 rings (SSSR count). The summed E-state index contributed by atoms with van der Waals surface area (Å²) in [5.74, 6) is 0. The van der Waals surface area contributed by atoms with E-state index in [1.54, 1.807) is 7.05 Å². The number of piperidine rings is 1. The van der Waals surface area contributed by atoms with Gasteiger partial charge in [-0.25, -0.2) is 5.48 Å². The zero-order chi connectivity index (χ0) is 14.2. The van der Waals surface area contributed by atoms with Gasteiger partial charge in [-0.3, -0.25) is 0 Å². The van der Waals surface area contributed by atoms with E-state index in [4.69, 9.17) is 9.57 Å². The summed E-state index contributed by atoms with van der Waals surface area (Å²) in [6, 6.07) is 8.79. The van der Waals surface area contributed by atoms with Gasteiger partial charge in [-0.15, -0.1) is 0 Å². The molecule has 1 N–H and O–H groups in total. The number of hydroxylamine groups is 1. The summed E-state index contributed by atoms with van der Waals surface area (Å²) in [5, 5.41) is 0. The number of nitrogens with zero attached hydrogens (tertiary/aromatic N) is 1. The molecule has 0 amide bonds. The number of ether oxygens (including phenoxy) is 1. The minimum atomic E-state index is 0.409. The van der Waals surface area contributed by atoms with Crippen LogP contribution in [0, 0.1) is 6.92 Å². The Kier molecular flexibility index (Phi) is 6.30. The van der Waals surface area contributed by atoms with Crippen LogP contribution in [0.4, 0.5) is 5.69 Å². The topological polar surface area (TPSA) is 33.7 Å². The molecule has 0 spiro atoms. The minimum absolute atomic E-state index is 0.409. The fourth-order valence-electron chi connectivity index (χ4n) is 2.52. The highest BCUT2D eigenvalue weighted by molar-refractivity contribution is 5.47. The molecule has 1 heterocycles. The maximum atomic E-state index is 5.90. The second kappa shape index (κ2) is 8.25. The SMILES string of the molecule is CNOCCCOC1CCN(c2ccc(C)cc2)CC1. The quantitative estimate of drug-likeness (QED) is 0.614. The van der Waals surface area contributed by atoms with Crippen LogP contribution in [-0.4, -0.2) is 39.5 Å². The Hall–Kier alpha value is -1.10. The Labute approximate surface area is 122 Å². The maximum absolute atomic E-state index is 5.90.